The number of carbonyl (C=O) groups is 2. The van der Waals surface area contributed by atoms with Gasteiger partial charge in [0.05, 0.1) is 0 Å². The Morgan fingerprint density at radius 2 is 1.44 bits per heavy atom. The van der Waals surface area contributed by atoms with Crippen molar-refractivity contribution in [1.82, 2.24) is 15.5 Å². The first-order valence-electron chi connectivity index (χ1n) is 10.6. The number of hydrogen-bond acceptors (Lipinski definition) is 2. The van der Waals surface area contributed by atoms with Gasteiger partial charge < -0.3 is 15.5 Å². The molecule has 1 aliphatic heterocycles. The fourth-order valence-corrected chi connectivity index (χ4v) is 4.30. The highest BCUT2D eigenvalue weighted by Crippen LogP contribution is 2.27. The lowest BCUT2D eigenvalue weighted by atomic mass is 9.84. The summed E-state index contributed by atoms with van der Waals surface area (Å²) in [7, 11) is 0. The quantitative estimate of drug-likeness (QED) is 0.817. The van der Waals surface area contributed by atoms with Gasteiger partial charge in [-0.15, -0.1) is 0 Å². The van der Waals surface area contributed by atoms with Crippen LogP contribution in [0, 0.1) is 11.8 Å². The van der Waals surface area contributed by atoms with E-state index in [1.54, 1.807) is 0 Å². The van der Waals surface area contributed by atoms with Crippen molar-refractivity contribution in [1.29, 1.82) is 0 Å². The fraction of sp³-hybridized carbons (Fsp3) is 0.900. The van der Waals surface area contributed by atoms with Crippen LogP contribution in [0.15, 0.2) is 0 Å². The van der Waals surface area contributed by atoms with Crippen molar-refractivity contribution >= 4 is 11.9 Å². The molecule has 0 radical (unpaired) electrons. The summed E-state index contributed by atoms with van der Waals surface area (Å²) < 4.78 is 0. The van der Waals surface area contributed by atoms with Gasteiger partial charge in [-0.25, -0.2) is 4.79 Å². The van der Waals surface area contributed by atoms with Gasteiger partial charge in [-0.05, 0) is 44.4 Å². The first-order valence-corrected chi connectivity index (χ1v) is 10.6. The van der Waals surface area contributed by atoms with E-state index in [4.69, 9.17) is 0 Å². The van der Waals surface area contributed by atoms with Crippen LogP contribution in [0.5, 0.6) is 0 Å². The number of nitrogens with one attached hydrogen (secondary N) is 2. The molecule has 0 bridgehead atoms. The van der Waals surface area contributed by atoms with Crippen LogP contribution in [-0.2, 0) is 4.79 Å². The van der Waals surface area contributed by atoms with Crippen molar-refractivity contribution in [3.63, 3.8) is 0 Å². The van der Waals surface area contributed by atoms with Crippen molar-refractivity contribution in [3.05, 3.63) is 0 Å². The first-order chi connectivity index (χ1) is 12.2. The third-order valence-corrected chi connectivity index (χ3v) is 6.37. The van der Waals surface area contributed by atoms with Gasteiger partial charge >= 0.3 is 6.03 Å². The largest absolute Gasteiger partial charge is 0.353 e. The van der Waals surface area contributed by atoms with Crippen molar-refractivity contribution in [2.45, 2.75) is 83.1 Å². The standard InChI is InChI=1S/C20H35N3O2/c24-19(17-9-6-10-17)22-18-11-13-23(14-12-18)20(25)21-15-16-7-4-2-1-3-5-8-16/h16-18H,1-15H2,(H,21,25)(H,22,24). The summed E-state index contributed by atoms with van der Waals surface area (Å²) in [4.78, 5) is 26.4. The van der Waals surface area contributed by atoms with Gasteiger partial charge in [0, 0.05) is 31.6 Å². The molecule has 0 aromatic carbocycles. The van der Waals surface area contributed by atoms with Crippen LogP contribution in [0.3, 0.4) is 0 Å². The number of amides is 3. The maximum Gasteiger partial charge on any atom is 0.317 e. The Labute approximate surface area is 152 Å². The molecule has 0 unspecified atom stereocenters. The summed E-state index contributed by atoms with van der Waals surface area (Å²) in [5.41, 5.74) is 0. The minimum Gasteiger partial charge on any atom is -0.353 e. The van der Waals surface area contributed by atoms with E-state index in [-0.39, 0.29) is 23.9 Å². The molecule has 0 aromatic heterocycles. The number of carbonyl (C=O) groups excluding carboxylic acids is 2. The van der Waals surface area contributed by atoms with E-state index in [9.17, 15) is 9.59 Å². The second kappa shape index (κ2) is 9.44. The molecule has 0 spiro atoms. The van der Waals surface area contributed by atoms with Gasteiger partial charge in [0.1, 0.15) is 0 Å². The molecule has 5 nitrogen and oxygen atoms in total. The first kappa shape index (κ1) is 18.5. The van der Waals surface area contributed by atoms with Gasteiger partial charge in [0.2, 0.25) is 5.91 Å². The Bertz CT molecular complexity index is 434. The molecule has 2 aliphatic carbocycles. The molecule has 2 N–H and O–H groups in total. The third-order valence-electron chi connectivity index (χ3n) is 6.37. The van der Waals surface area contributed by atoms with Crippen LogP contribution < -0.4 is 10.6 Å². The molecule has 0 atom stereocenters. The average molecular weight is 350 g/mol. The highest BCUT2D eigenvalue weighted by molar-refractivity contribution is 5.79. The molecule has 25 heavy (non-hydrogen) atoms. The number of rotatable bonds is 4. The zero-order valence-electron chi connectivity index (χ0n) is 15.6. The molecule has 1 heterocycles. The zero-order chi connectivity index (χ0) is 17.5. The highest BCUT2D eigenvalue weighted by Gasteiger charge is 2.29. The maximum absolute atomic E-state index is 12.4. The molecule has 1 saturated heterocycles. The lowest BCUT2D eigenvalue weighted by Gasteiger charge is -2.34. The summed E-state index contributed by atoms with van der Waals surface area (Å²) in [5.74, 6) is 1.15. The van der Waals surface area contributed by atoms with Gasteiger partial charge in [-0.3, -0.25) is 4.79 Å². The summed E-state index contributed by atoms with van der Waals surface area (Å²) in [5, 5.41) is 6.34. The van der Waals surface area contributed by atoms with Gasteiger partial charge in [0.15, 0.2) is 0 Å². The maximum atomic E-state index is 12.4. The molecule has 5 heteroatoms. The van der Waals surface area contributed by atoms with Crippen LogP contribution in [-0.4, -0.2) is 42.5 Å². The molecule has 3 aliphatic rings. The monoisotopic (exact) mass is 349 g/mol. The minimum atomic E-state index is 0.0887. The lowest BCUT2D eigenvalue weighted by molar-refractivity contribution is -0.128. The van der Waals surface area contributed by atoms with Crippen molar-refractivity contribution in [2.75, 3.05) is 19.6 Å². The molecule has 0 aromatic rings. The van der Waals surface area contributed by atoms with E-state index in [1.807, 2.05) is 4.90 Å². The van der Waals surface area contributed by atoms with E-state index < -0.39 is 0 Å². The summed E-state index contributed by atoms with van der Waals surface area (Å²) in [6.45, 7) is 2.34. The number of hydrogen-bond donors (Lipinski definition) is 2. The third kappa shape index (κ3) is 5.61. The van der Waals surface area contributed by atoms with Crippen molar-refractivity contribution in [3.8, 4) is 0 Å². The molecular weight excluding hydrogens is 314 g/mol. The molecule has 3 rings (SSSR count). The molecule has 3 amide bonds. The Balaban J connectivity index is 1.32. The smallest absolute Gasteiger partial charge is 0.317 e. The summed E-state index contributed by atoms with van der Waals surface area (Å²) >= 11 is 0. The minimum absolute atomic E-state index is 0.0887. The number of likely N-dealkylation sites (tertiary alicyclic amines) is 1. The predicted molar refractivity (Wildman–Crippen MR) is 99.3 cm³/mol. The van der Waals surface area contributed by atoms with E-state index in [2.05, 4.69) is 10.6 Å². The Hall–Kier alpha value is -1.26. The Morgan fingerprint density at radius 3 is 2.04 bits per heavy atom. The highest BCUT2D eigenvalue weighted by atomic mass is 16.2. The van der Waals surface area contributed by atoms with Crippen LogP contribution >= 0.6 is 0 Å². The van der Waals surface area contributed by atoms with Gasteiger partial charge in [-0.1, -0.05) is 38.5 Å². The lowest BCUT2D eigenvalue weighted by Crippen LogP contribution is -2.51. The second-order valence-corrected chi connectivity index (χ2v) is 8.29. The summed E-state index contributed by atoms with van der Waals surface area (Å²) in [6, 6.07) is 0.341. The topological polar surface area (TPSA) is 61.4 Å². The average Bonchev–Trinajstić information content (AvgIpc) is 2.52. The van der Waals surface area contributed by atoms with Gasteiger partial charge in [0.25, 0.3) is 0 Å². The SMILES string of the molecule is O=C(NC1CCN(C(=O)NCC2CCCCCCC2)CC1)C1CCC1. The molecule has 3 fully saturated rings. The van der Waals surface area contributed by atoms with Gasteiger partial charge in [-0.2, -0.15) is 0 Å². The second-order valence-electron chi connectivity index (χ2n) is 8.29. The van der Waals surface area contributed by atoms with Crippen molar-refractivity contribution in [2.24, 2.45) is 11.8 Å². The van der Waals surface area contributed by atoms with Crippen LogP contribution in [0.4, 0.5) is 4.79 Å². The molecule has 2 saturated carbocycles. The molecule has 142 valence electrons. The Morgan fingerprint density at radius 1 is 0.800 bits per heavy atom. The summed E-state index contributed by atoms with van der Waals surface area (Å²) in [6.07, 6.45) is 14.3. The van der Waals surface area contributed by atoms with Crippen LogP contribution in [0.1, 0.15) is 77.0 Å². The number of piperidine rings is 1. The normalized spacial score (nSPS) is 24.1. The number of nitrogens with zero attached hydrogens (tertiary/aromatic N) is 1. The van der Waals surface area contributed by atoms with E-state index in [0.29, 0.717) is 5.92 Å². The molecular formula is C20H35N3O2. The predicted octanol–water partition coefficient (Wildman–Crippen LogP) is 3.44. The Kier molecular flexibility index (Phi) is 7.00. The zero-order valence-corrected chi connectivity index (χ0v) is 15.6. The van der Waals surface area contributed by atoms with E-state index in [1.165, 1.54) is 51.4 Å². The van der Waals surface area contributed by atoms with Crippen LogP contribution in [0.25, 0.3) is 0 Å². The number of urea groups is 1. The van der Waals surface area contributed by atoms with Crippen LogP contribution in [0.2, 0.25) is 0 Å². The van der Waals surface area contributed by atoms with E-state index in [0.717, 1.165) is 45.3 Å². The van der Waals surface area contributed by atoms with E-state index >= 15 is 0 Å². The van der Waals surface area contributed by atoms with Crippen molar-refractivity contribution < 1.29 is 9.59 Å². The fourth-order valence-electron chi connectivity index (χ4n) is 4.30.